The Morgan fingerprint density at radius 3 is 2.71 bits per heavy atom. The van der Waals surface area contributed by atoms with Crippen LogP contribution in [0.25, 0.3) is 0 Å². The number of hydrogen-bond acceptors (Lipinski definition) is 5. The van der Waals surface area contributed by atoms with Gasteiger partial charge in [0, 0.05) is 41.6 Å². The van der Waals surface area contributed by atoms with Gasteiger partial charge in [-0.2, -0.15) is 0 Å². The lowest BCUT2D eigenvalue weighted by atomic mass is 9.90. The predicted molar refractivity (Wildman–Crippen MR) is 136 cm³/mol. The molecule has 0 bridgehead atoms. The van der Waals surface area contributed by atoms with Crippen LogP contribution >= 0.6 is 0 Å². The van der Waals surface area contributed by atoms with Crippen molar-refractivity contribution in [2.75, 3.05) is 18.6 Å². The van der Waals surface area contributed by atoms with E-state index in [1.54, 1.807) is 7.11 Å². The second-order valence-corrected chi connectivity index (χ2v) is 9.36. The normalized spacial score (nSPS) is 20.9. The number of carbonyl (C=O) groups excluding carboxylic acids is 1. The first-order valence-electron chi connectivity index (χ1n) is 12.5. The summed E-state index contributed by atoms with van der Waals surface area (Å²) < 4.78 is 5.56. The third-order valence-corrected chi connectivity index (χ3v) is 7.15. The molecular weight excluding hydrogens is 426 g/mol. The third-order valence-electron chi connectivity index (χ3n) is 7.15. The first kappa shape index (κ1) is 24.3. The fourth-order valence-electron chi connectivity index (χ4n) is 5.41. The second kappa shape index (κ2) is 11.0. The van der Waals surface area contributed by atoms with E-state index in [9.17, 15) is 9.90 Å². The van der Waals surface area contributed by atoms with Gasteiger partial charge < -0.3 is 20.1 Å². The maximum atomic E-state index is 13.4. The number of pyridine rings is 1. The second-order valence-electron chi connectivity index (χ2n) is 9.36. The topological polar surface area (TPSA) is 74.7 Å². The SMILES string of the molecule is CCN(c1cccc2c1CC=CCCc1cc(C)nc(OC)c1CNC2=O)[C@H]1CC[C@H](O)CC1. The van der Waals surface area contributed by atoms with Gasteiger partial charge in [0.1, 0.15) is 0 Å². The number of aryl methyl sites for hydroxylation is 2. The Morgan fingerprint density at radius 2 is 1.97 bits per heavy atom. The van der Waals surface area contributed by atoms with E-state index in [2.05, 4.69) is 46.4 Å². The minimum Gasteiger partial charge on any atom is -0.481 e. The first-order chi connectivity index (χ1) is 16.5. The number of aliphatic hydroxyl groups excluding tert-OH is 1. The molecule has 4 rings (SSSR count). The molecule has 6 nitrogen and oxygen atoms in total. The number of nitrogens with zero attached hydrogens (tertiary/aromatic N) is 2. The van der Waals surface area contributed by atoms with Crippen LogP contribution in [0.15, 0.2) is 36.4 Å². The third kappa shape index (κ3) is 5.27. The highest BCUT2D eigenvalue weighted by molar-refractivity contribution is 5.97. The van der Waals surface area contributed by atoms with E-state index >= 15 is 0 Å². The number of anilines is 1. The summed E-state index contributed by atoms with van der Waals surface area (Å²) >= 11 is 0. The number of ether oxygens (including phenoxy) is 1. The Balaban J connectivity index is 1.68. The summed E-state index contributed by atoms with van der Waals surface area (Å²) in [7, 11) is 1.63. The molecule has 2 heterocycles. The fraction of sp³-hybridized carbons (Fsp3) is 0.500. The number of amides is 1. The van der Waals surface area contributed by atoms with E-state index in [4.69, 9.17) is 4.74 Å². The largest absolute Gasteiger partial charge is 0.481 e. The maximum absolute atomic E-state index is 13.4. The summed E-state index contributed by atoms with van der Waals surface area (Å²) in [5.74, 6) is 0.511. The molecule has 34 heavy (non-hydrogen) atoms. The van der Waals surface area contributed by atoms with Crippen LogP contribution in [0.1, 0.15) is 71.8 Å². The molecule has 0 atom stereocenters. The van der Waals surface area contributed by atoms with E-state index in [1.165, 1.54) is 5.56 Å². The molecule has 1 aliphatic heterocycles. The number of allylic oxidation sites excluding steroid dienone is 2. The van der Waals surface area contributed by atoms with Gasteiger partial charge in [0.2, 0.25) is 5.88 Å². The van der Waals surface area contributed by atoms with Crippen LogP contribution in [-0.4, -0.2) is 41.8 Å². The molecule has 2 aromatic rings. The van der Waals surface area contributed by atoms with Crippen LogP contribution in [0.5, 0.6) is 5.88 Å². The van der Waals surface area contributed by atoms with Crippen LogP contribution in [0.4, 0.5) is 5.69 Å². The minimum atomic E-state index is -0.182. The van der Waals surface area contributed by atoms with E-state index < -0.39 is 0 Å². The molecule has 1 aliphatic carbocycles. The number of hydrogen-bond donors (Lipinski definition) is 2. The summed E-state index contributed by atoms with van der Waals surface area (Å²) in [6.07, 6.45) is 10.4. The average molecular weight is 464 g/mol. The van der Waals surface area contributed by atoms with Crippen LogP contribution in [-0.2, 0) is 19.4 Å². The van der Waals surface area contributed by atoms with E-state index in [1.807, 2.05) is 19.1 Å². The molecule has 0 spiro atoms. The summed E-state index contributed by atoms with van der Waals surface area (Å²) in [4.78, 5) is 20.4. The van der Waals surface area contributed by atoms with Crippen molar-refractivity contribution in [3.05, 3.63) is 64.4 Å². The number of nitrogens with one attached hydrogen (secondary N) is 1. The van der Waals surface area contributed by atoms with Crippen molar-refractivity contribution in [3.63, 3.8) is 0 Å². The molecule has 1 saturated carbocycles. The van der Waals surface area contributed by atoms with E-state index in [-0.39, 0.29) is 12.0 Å². The van der Waals surface area contributed by atoms with Gasteiger partial charge in [0.25, 0.3) is 5.91 Å². The zero-order chi connectivity index (χ0) is 24.1. The van der Waals surface area contributed by atoms with Gasteiger partial charge >= 0.3 is 0 Å². The van der Waals surface area contributed by atoms with Gasteiger partial charge in [-0.05, 0) is 88.1 Å². The lowest BCUT2D eigenvalue weighted by Gasteiger charge is -2.38. The number of rotatable bonds is 4. The summed E-state index contributed by atoms with van der Waals surface area (Å²) in [6, 6.07) is 8.54. The molecular formula is C28H37N3O3. The Morgan fingerprint density at radius 1 is 1.18 bits per heavy atom. The number of benzene rings is 1. The minimum absolute atomic E-state index is 0.0745. The lowest BCUT2D eigenvalue weighted by molar-refractivity contribution is 0.0949. The van der Waals surface area contributed by atoms with Crippen molar-refractivity contribution in [1.29, 1.82) is 0 Å². The molecule has 2 N–H and O–H groups in total. The molecule has 6 heteroatoms. The van der Waals surface area contributed by atoms with Gasteiger partial charge in [-0.25, -0.2) is 4.98 Å². The van der Waals surface area contributed by atoms with E-state index in [0.717, 1.165) is 79.6 Å². The molecule has 0 saturated heterocycles. The number of methoxy groups -OCH3 is 1. The molecule has 2 aliphatic rings. The first-order valence-corrected chi connectivity index (χ1v) is 12.5. The van der Waals surface area contributed by atoms with Gasteiger partial charge in [-0.3, -0.25) is 4.79 Å². The summed E-state index contributed by atoms with van der Waals surface area (Å²) in [6.45, 7) is 5.40. The zero-order valence-corrected chi connectivity index (χ0v) is 20.6. The number of fused-ring (bicyclic) bond motifs is 2. The van der Waals surface area contributed by atoms with Gasteiger partial charge in [-0.1, -0.05) is 18.2 Å². The van der Waals surface area contributed by atoms with Gasteiger partial charge in [0.05, 0.1) is 13.2 Å². The van der Waals surface area contributed by atoms with E-state index in [0.29, 0.717) is 18.5 Å². The monoisotopic (exact) mass is 463 g/mol. The summed E-state index contributed by atoms with van der Waals surface area (Å²) in [5.41, 5.74) is 5.96. The molecule has 1 fully saturated rings. The Kier molecular flexibility index (Phi) is 7.88. The highest BCUT2D eigenvalue weighted by Crippen LogP contribution is 2.32. The predicted octanol–water partition coefficient (Wildman–Crippen LogP) is 4.50. The molecule has 1 aromatic carbocycles. The van der Waals surface area contributed by atoms with Crippen molar-refractivity contribution < 1.29 is 14.6 Å². The van der Waals surface area contributed by atoms with Crippen LogP contribution in [0, 0.1) is 6.92 Å². The molecule has 1 amide bonds. The lowest BCUT2D eigenvalue weighted by Crippen LogP contribution is -2.40. The maximum Gasteiger partial charge on any atom is 0.251 e. The zero-order valence-electron chi connectivity index (χ0n) is 20.6. The van der Waals surface area contributed by atoms with Crippen LogP contribution < -0.4 is 15.0 Å². The highest BCUT2D eigenvalue weighted by Gasteiger charge is 2.27. The van der Waals surface area contributed by atoms with Crippen molar-refractivity contribution in [2.45, 2.75) is 77.5 Å². The van der Waals surface area contributed by atoms with Crippen molar-refractivity contribution >= 4 is 11.6 Å². The number of aromatic nitrogens is 1. The van der Waals surface area contributed by atoms with Crippen LogP contribution in [0.2, 0.25) is 0 Å². The molecule has 0 radical (unpaired) electrons. The van der Waals surface area contributed by atoms with Crippen molar-refractivity contribution in [3.8, 4) is 5.88 Å². The quantitative estimate of drug-likeness (QED) is 0.653. The Bertz CT molecular complexity index is 1040. The molecule has 0 unspecified atom stereocenters. The molecule has 182 valence electrons. The Labute approximate surface area is 203 Å². The van der Waals surface area contributed by atoms with Crippen LogP contribution in [0.3, 0.4) is 0 Å². The fourth-order valence-corrected chi connectivity index (χ4v) is 5.41. The highest BCUT2D eigenvalue weighted by atomic mass is 16.5. The molecule has 1 aromatic heterocycles. The average Bonchev–Trinajstić information content (AvgIpc) is 2.84. The number of aliphatic hydroxyl groups is 1. The standard InChI is InChI=1S/C28H37N3O3/c1-4-31(21-13-15-22(32)16-14-21)26-12-8-11-24-23(26)10-7-5-6-9-20-17-19(2)30-28(34-3)25(20)18-29-27(24)33/h5,7-8,11-12,17,21-22,32H,4,6,9-10,13-16,18H2,1-3H3,(H,29,33)/t21-,22-. The van der Waals surface area contributed by atoms with Gasteiger partial charge in [0.15, 0.2) is 0 Å². The van der Waals surface area contributed by atoms with Gasteiger partial charge in [-0.15, -0.1) is 0 Å². The van der Waals surface area contributed by atoms with Crippen molar-refractivity contribution in [2.24, 2.45) is 0 Å². The summed E-state index contributed by atoms with van der Waals surface area (Å²) in [5, 5.41) is 13.1. The smallest absolute Gasteiger partial charge is 0.251 e. The van der Waals surface area contributed by atoms with Crippen molar-refractivity contribution in [1.82, 2.24) is 10.3 Å². The Hall–Kier alpha value is -2.86. The number of carbonyl (C=O) groups is 1.